The number of allylic oxidation sites excluding steroid dienone is 3. The Morgan fingerprint density at radius 1 is 1.00 bits per heavy atom. The highest BCUT2D eigenvalue weighted by Crippen LogP contribution is 2.33. The molecule has 2 aromatic rings. The van der Waals surface area contributed by atoms with Crippen molar-refractivity contribution in [1.82, 2.24) is 5.32 Å². The standard InChI is InChI=1S/C20H17NO6/c22-14-9-16(24)15(23)8-13(14)20-19(26)18(25)12-2-1-11(7-17(12)27-20)10-3-5-21-6-4-10/h1-2,7-10,21-22,26H,3-6H2. The van der Waals surface area contributed by atoms with Crippen LogP contribution in [-0.4, -0.2) is 34.9 Å². The summed E-state index contributed by atoms with van der Waals surface area (Å²) in [7, 11) is 0. The first-order valence-electron chi connectivity index (χ1n) is 8.67. The van der Waals surface area contributed by atoms with Crippen molar-refractivity contribution in [3.8, 4) is 5.75 Å². The van der Waals surface area contributed by atoms with Crippen LogP contribution in [0.25, 0.3) is 16.5 Å². The van der Waals surface area contributed by atoms with Crippen LogP contribution < -0.4 is 10.7 Å². The maximum atomic E-state index is 12.5. The normalized spacial score (nSPS) is 18.5. The van der Waals surface area contributed by atoms with Crippen molar-refractivity contribution in [3.05, 3.63) is 57.7 Å². The van der Waals surface area contributed by atoms with Gasteiger partial charge in [-0.05, 0) is 49.5 Å². The molecule has 138 valence electrons. The number of benzene rings is 1. The highest BCUT2D eigenvalue weighted by atomic mass is 16.4. The minimum absolute atomic E-state index is 0.191. The molecule has 7 heteroatoms. The quantitative estimate of drug-likeness (QED) is 0.548. The van der Waals surface area contributed by atoms with Gasteiger partial charge in [0.1, 0.15) is 11.3 Å². The summed E-state index contributed by atoms with van der Waals surface area (Å²) in [4.78, 5) is 35.6. The zero-order chi connectivity index (χ0) is 19.1. The zero-order valence-electron chi connectivity index (χ0n) is 14.3. The van der Waals surface area contributed by atoms with Crippen LogP contribution in [0.3, 0.4) is 0 Å². The topological polar surface area (TPSA) is 117 Å². The van der Waals surface area contributed by atoms with E-state index in [9.17, 15) is 24.6 Å². The number of carbonyl (C=O) groups is 2. The molecule has 7 nitrogen and oxygen atoms in total. The molecular weight excluding hydrogens is 350 g/mol. The van der Waals surface area contributed by atoms with Crippen molar-refractivity contribution in [1.29, 1.82) is 0 Å². The van der Waals surface area contributed by atoms with Gasteiger partial charge in [-0.15, -0.1) is 0 Å². The molecule has 0 atom stereocenters. The average molecular weight is 367 g/mol. The van der Waals surface area contributed by atoms with Gasteiger partial charge < -0.3 is 19.9 Å². The number of aliphatic hydroxyl groups excluding tert-OH is 1. The van der Waals surface area contributed by atoms with Crippen molar-refractivity contribution in [2.24, 2.45) is 0 Å². The lowest BCUT2D eigenvalue weighted by Crippen LogP contribution is -2.26. The van der Waals surface area contributed by atoms with Crippen LogP contribution in [0.1, 0.15) is 30.1 Å². The molecule has 2 heterocycles. The lowest BCUT2D eigenvalue weighted by atomic mass is 9.90. The number of rotatable bonds is 2. The lowest BCUT2D eigenvalue weighted by Gasteiger charge is -2.23. The molecule has 1 aromatic carbocycles. The molecule has 1 saturated heterocycles. The monoisotopic (exact) mass is 367 g/mol. The molecule has 3 N–H and O–H groups in total. The highest BCUT2D eigenvalue weighted by Gasteiger charge is 2.27. The molecular formula is C20H17NO6. The van der Waals surface area contributed by atoms with Gasteiger partial charge in [0, 0.05) is 12.2 Å². The summed E-state index contributed by atoms with van der Waals surface area (Å²) in [5.74, 6) is -3.00. The Hall–Kier alpha value is -3.19. The third kappa shape index (κ3) is 2.96. The second-order valence-corrected chi connectivity index (χ2v) is 6.70. The zero-order valence-corrected chi connectivity index (χ0v) is 14.3. The average Bonchev–Trinajstić information content (AvgIpc) is 2.68. The van der Waals surface area contributed by atoms with Crippen LogP contribution in [-0.2, 0) is 9.59 Å². The third-order valence-electron chi connectivity index (χ3n) is 5.01. The van der Waals surface area contributed by atoms with Crippen molar-refractivity contribution in [2.45, 2.75) is 18.8 Å². The predicted octanol–water partition coefficient (Wildman–Crippen LogP) is 1.94. The first kappa shape index (κ1) is 17.2. The van der Waals surface area contributed by atoms with Gasteiger partial charge in [0.2, 0.25) is 22.7 Å². The van der Waals surface area contributed by atoms with Gasteiger partial charge in [0.25, 0.3) is 0 Å². The SMILES string of the molecule is O=C1C=C(O)C(c2oc3cc(C4CCNCC4)ccc3c(=O)c2O)=CC1=O. The van der Waals surface area contributed by atoms with Gasteiger partial charge in [-0.2, -0.15) is 0 Å². The molecule has 1 fully saturated rings. The van der Waals surface area contributed by atoms with Gasteiger partial charge in [-0.25, -0.2) is 0 Å². The van der Waals surface area contributed by atoms with Crippen molar-refractivity contribution >= 4 is 28.1 Å². The smallest absolute Gasteiger partial charge is 0.235 e. The largest absolute Gasteiger partial charge is 0.507 e. The molecule has 4 rings (SSSR count). The van der Waals surface area contributed by atoms with E-state index < -0.39 is 28.5 Å². The van der Waals surface area contributed by atoms with E-state index in [0.717, 1.165) is 43.6 Å². The van der Waals surface area contributed by atoms with Gasteiger partial charge in [-0.1, -0.05) is 6.07 Å². The van der Waals surface area contributed by atoms with Crippen LogP contribution >= 0.6 is 0 Å². The molecule has 0 radical (unpaired) electrons. The maximum absolute atomic E-state index is 12.5. The number of hydrogen-bond donors (Lipinski definition) is 3. The number of nitrogens with one attached hydrogen (secondary N) is 1. The van der Waals surface area contributed by atoms with Gasteiger partial charge >= 0.3 is 0 Å². The number of ketones is 2. The minimum atomic E-state index is -0.882. The fourth-order valence-corrected chi connectivity index (χ4v) is 3.52. The first-order chi connectivity index (χ1) is 13.0. The van der Waals surface area contributed by atoms with E-state index >= 15 is 0 Å². The molecule has 0 spiro atoms. The fraction of sp³-hybridized carbons (Fsp3) is 0.250. The summed E-state index contributed by atoms with van der Waals surface area (Å²) in [5.41, 5.74) is 0.416. The Labute approximate surface area is 153 Å². The summed E-state index contributed by atoms with van der Waals surface area (Å²) in [6.07, 6.45) is 3.53. The van der Waals surface area contributed by atoms with E-state index in [1.54, 1.807) is 12.1 Å². The molecule has 0 unspecified atom stereocenters. The van der Waals surface area contributed by atoms with Gasteiger partial charge in [-0.3, -0.25) is 14.4 Å². The van der Waals surface area contributed by atoms with Crippen LogP contribution in [0.5, 0.6) is 5.75 Å². The molecule has 27 heavy (non-hydrogen) atoms. The second-order valence-electron chi connectivity index (χ2n) is 6.70. The number of fused-ring (bicyclic) bond motifs is 1. The Morgan fingerprint density at radius 2 is 1.70 bits per heavy atom. The number of aliphatic hydroxyl groups is 1. The summed E-state index contributed by atoms with van der Waals surface area (Å²) in [5, 5.41) is 23.7. The summed E-state index contributed by atoms with van der Waals surface area (Å²) < 4.78 is 5.70. The molecule has 0 amide bonds. The summed E-state index contributed by atoms with van der Waals surface area (Å²) in [6, 6.07) is 5.22. The second kappa shape index (κ2) is 6.51. The van der Waals surface area contributed by atoms with Crippen molar-refractivity contribution in [2.75, 3.05) is 13.1 Å². The maximum Gasteiger partial charge on any atom is 0.235 e. The van der Waals surface area contributed by atoms with Crippen LogP contribution in [0.2, 0.25) is 0 Å². The molecule has 2 aliphatic rings. The first-order valence-corrected chi connectivity index (χ1v) is 8.67. The molecule has 1 aromatic heterocycles. The van der Waals surface area contributed by atoms with E-state index in [2.05, 4.69) is 5.32 Å². The molecule has 1 aliphatic carbocycles. The third-order valence-corrected chi connectivity index (χ3v) is 5.01. The van der Waals surface area contributed by atoms with Crippen molar-refractivity contribution < 1.29 is 24.2 Å². The van der Waals surface area contributed by atoms with Crippen LogP contribution in [0.4, 0.5) is 0 Å². The summed E-state index contributed by atoms with van der Waals surface area (Å²) in [6.45, 7) is 1.82. The predicted molar refractivity (Wildman–Crippen MR) is 97.7 cm³/mol. The van der Waals surface area contributed by atoms with E-state index in [4.69, 9.17) is 4.42 Å². The van der Waals surface area contributed by atoms with E-state index in [1.165, 1.54) is 0 Å². The van der Waals surface area contributed by atoms with E-state index in [0.29, 0.717) is 5.92 Å². The van der Waals surface area contributed by atoms with Gasteiger partial charge in [0.05, 0.1) is 11.0 Å². The fourth-order valence-electron chi connectivity index (χ4n) is 3.52. The number of aromatic hydroxyl groups is 1. The Kier molecular flexibility index (Phi) is 4.16. The molecule has 0 saturated carbocycles. The summed E-state index contributed by atoms with van der Waals surface area (Å²) >= 11 is 0. The highest BCUT2D eigenvalue weighted by molar-refractivity contribution is 6.48. The molecule has 0 bridgehead atoms. The Bertz CT molecular complexity index is 1090. The van der Waals surface area contributed by atoms with Crippen molar-refractivity contribution in [3.63, 3.8) is 0 Å². The number of carbonyl (C=O) groups excluding carboxylic acids is 2. The lowest BCUT2D eigenvalue weighted by molar-refractivity contribution is -0.131. The molecule has 1 aliphatic heterocycles. The number of hydrogen-bond acceptors (Lipinski definition) is 7. The van der Waals surface area contributed by atoms with Crippen LogP contribution in [0, 0.1) is 0 Å². The Morgan fingerprint density at radius 3 is 2.44 bits per heavy atom. The van der Waals surface area contributed by atoms with Crippen LogP contribution in [0.15, 0.2) is 45.3 Å². The Balaban J connectivity index is 1.86. The minimum Gasteiger partial charge on any atom is -0.507 e. The number of piperidine rings is 1. The van der Waals surface area contributed by atoms with E-state index in [1.807, 2.05) is 6.07 Å². The van der Waals surface area contributed by atoms with E-state index in [-0.39, 0.29) is 22.3 Å². The van der Waals surface area contributed by atoms with Gasteiger partial charge in [0.15, 0.2) is 5.76 Å².